The average molecular weight is 271 g/mol. The summed E-state index contributed by atoms with van der Waals surface area (Å²) in [6.07, 6.45) is 3.48. The summed E-state index contributed by atoms with van der Waals surface area (Å²) in [4.78, 5) is 14.8. The van der Waals surface area contributed by atoms with Crippen molar-refractivity contribution in [1.82, 2.24) is 10.3 Å². The fourth-order valence-electron chi connectivity index (χ4n) is 1.92. The highest BCUT2D eigenvalue weighted by atomic mass is 79.9. The number of carbonyl (C=O) groups is 1. The van der Waals surface area contributed by atoms with Crippen molar-refractivity contribution in [1.29, 1.82) is 0 Å². The largest absolute Gasteiger partial charge is 0.465 e. The van der Waals surface area contributed by atoms with Crippen molar-refractivity contribution in [2.45, 2.75) is 24.8 Å². The Kier molecular flexibility index (Phi) is 2.65. The van der Waals surface area contributed by atoms with Gasteiger partial charge in [0, 0.05) is 6.20 Å². The smallest absolute Gasteiger partial charge is 0.405 e. The van der Waals surface area contributed by atoms with Gasteiger partial charge in [-0.25, -0.2) is 9.78 Å². The SMILES string of the molecule is O=C(O)NC1(c2ccnc(Br)c2)CCC1. The van der Waals surface area contributed by atoms with Crippen molar-refractivity contribution >= 4 is 22.0 Å². The molecule has 0 unspecified atom stereocenters. The standard InChI is InChI=1S/C10H11BrN2O2/c11-8-6-7(2-5-12-8)10(3-1-4-10)13-9(14)15/h2,5-6,13H,1,3-4H2,(H,14,15). The van der Waals surface area contributed by atoms with Gasteiger partial charge in [0.15, 0.2) is 0 Å². The quantitative estimate of drug-likeness (QED) is 0.812. The first-order valence-corrected chi connectivity index (χ1v) is 5.55. The molecule has 0 aromatic carbocycles. The highest BCUT2D eigenvalue weighted by Crippen LogP contribution is 2.41. The summed E-state index contributed by atoms with van der Waals surface area (Å²) in [5.41, 5.74) is 0.593. The average Bonchev–Trinajstić information content (AvgIpc) is 2.11. The summed E-state index contributed by atoms with van der Waals surface area (Å²) in [7, 11) is 0. The Hall–Kier alpha value is -1.10. The van der Waals surface area contributed by atoms with Gasteiger partial charge in [-0.1, -0.05) is 0 Å². The van der Waals surface area contributed by atoms with Crippen molar-refractivity contribution in [2.24, 2.45) is 0 Å². The first-order valence-electron chi connectivity index (χ1n) is 4.75. The highest BCUT2D eigenvalue weighted by molar-refractivity contribution is 9.10. The fourth-order valence-corrected chi connectivity index (χ4v) is 2.29. The van der Waals surface area contributed by atoms with E-state index in [0.29, 0.717) is 0 Å². The maximum Gasteiger partial charge on any atom is 0.405 e. The maximum atomic E-state index is 10.7. The van der Waals surface area contributed by atoms with Gasteiger partial charge < -0.3 is 10.4 Å². The molecule has 0 radical (unpaired) electrons. The molecule has 1 amide bonds. The third kappa shape index (κ3) is 1.97. The summed E-state index contributed by atoms with van der Waals surface area (Å²) >= 11 is 3.29. The van der Waals surface area contributed by atoms with E-state index in [1.165, 1.54) is 0 Å². The predicted octanol–water partition coefficient (Wildman–Crippen LogP) is 2.49. The molecule has 0 spiro atoms. The molecule has 5 heteroatoms. The lowest BCUT2D eigenvalue weighted by molar-refractivity contribution is 0.144. The second-order valence-electron chi connectivity index (χ2n) is 3.73. The number of rotatable bonds is 2. The summed E-state index contributed by atoms with van der Waals surface area (Å²) < 4.78 is 0.735. The normalized spacial score (nSPS) is 17.9. The molecular formula is C10H11BrN2O2. The van der Waals surface area contributed by atoms with Crippen LogP contribution >= 0.6 is 15.9 Å². The topological polar surface area (TPSA) is 62.2 Å². The van der Waals surface area contributed by atoms with Crippen LogP contribution in [0.3, 0.4) is 0 Å². The summed E-state index contributed by atoms with van der Waals surface area (Å²) in [5, 5.41) is 11.4. The van der Waals surface area contributed by atoms with Gasteiger partial charge in [0.05, 0.1) is 5.54 Å². The van der Waals surface area contributed by atoms with Gasteiger partial charge in [-0.3, -0.25) is 0 Å². The number of hydrogen-bond acceptors (Lipinski definition) is 2. The second-order valence-corrected chi connectivity index (χ2v) is 4.55. The van der Waals surface area contributed by atoms with Crippen LogP contribution in [-0.4, -0.2) is 16.2 Å². The molecule has 15 heavy (non-hydrogen) atoms. The number of amides is 1. The van der Waals surface area contributed by atoms with Gasteiger partial charge in [-0.2, -0.15) is 0 Å². The van der Waals surface area contributed by atoms with Crippen LogP contribution in [-0.2, 0) is 5.54 Å². The molecule has 0 bridgehead atoms. The third-order valence-corrected chi connectivity index (χ3v) is 3.27. The Bertz CT molecular complexity index is 391. The van der Waals surface area contributed by atoms with Crippen LogP contribution in [0.5, 0.6) is 0 Å². The molecule has 1 saturated carbocycles. The minimum absolute atomic E-state index is 0.392. The van der Waals surface area contributed by atoms with E-state index in [1.807, 2.05) is 12.1 Å². The minimum atomic E-state index is -0.970. The number of aromatic nitrogens is 1. The number of hydrogen-bond donors (Lipinski definition) is 2. The highest BCUT2D eigenvalue weighted by Gasteiger charge is 2.40. The van der Waals surface area contributed by atoms with E-state index in [2.05, 4.69) is 26.2 Å². The molecule has 1 aromatic heterocycles. The number of pyridine rings is 1. The molecule has 1 aliphatic rings. The van der Waals surface area contributed by atoms with Gasteiger partial charge in [0.25, 0.3) is 0 Å². The van der Waals surface area contributed by atoms with Crippen LogP contribution in [0.15, 0.2) is 22.9 Å². The number of nitrogens with zero attached hydrogens (tertiary/aromatic N) is 1. The molecule has 1 aliphatic carbocycles. The lowest BCUT2D eigenvalue weighted by Crippen LogP contribution is -2.50. The minimum Gasteiger partial charge on any atom is -0.465 e. The van der Waals surface area contributed by atoms with Crippen LogP contribution in [0.2, 0.25) is 0 Å². The molecule has 1 aromatic rings. The van der Waals surface area contributed by atoms with Crippen molar-refractivity contribution in [3.05, 3.63) is 28.5 Å². The zero-order valence-corrected chi connectivity index (χ0v) is 9.62. The van der Waals surface area contributed by atoms with Crippen LogP contribution in [0.1, 0.15) is 24.8 Å². The summed E-state index contributed by atoms with van der Waals surface area (Å²) in [6, 6.07) is 3.73. The molecule has 2 rings (SSSR count). The molecule has 0 saturated heterocycles. The van der Waals surface area contributed by atoms with Crippen LogP contribution in [0, 0.1) is 0 Å². The van der Waals surface area contributed by atoms with Crippen molar-refractivity contribution < 1.29 is 9.90 Å². The second kappa shape index (κ2) is 3.81. The van der Waals surface area contributed by atoms with E-state index < -0.39 is 11.6 Å². The molecule has 4 nitrogen and oxygen atoms in total. The first kappa shape index (κ1) is 10.4. The summed E-state index contributed by atoms with van der Waals surface area (Å²) in [5.74, 6) is 0. The van der Waals surface area contributed by atoms with E-state index in [-0.39, 0.29) is 0 Å². The van der Waals surface area contributed by atoms with Crippen LogP contribution in [0.4, 0.5) is 4.79 Å². The monoisotopic (exact) mass is 270 g/mol. The molecule has 1 heterocycles. The summed E-state index contributed by atoms with van der Waals surface area (Å²) in [6.45, 7) is 0. The van der Waals surface area contributed by atoms with Crippen molar-refractivity contribution in [2.75, 3.05) is 0 Å². The molecule has 0 aliphatic heterocycles. The molecule has 0 atom stereocenters. The van der Waals surface area contributed by atoms with E-state index in [9.17, 15) is 4.79 Å². The maximum absolute atomic E-state index is 10.7. The lowest BCUT2D eigenvalue weighted by atomic mass is 9.72. The van der Waals surface area contributed by atoms with Gasteiger partial charge in [0.1, 0.15) is 4.60 Å². The number of carboxylic acid groups (broad SMARTS) is 1. The lowest BCUT2D eigenvalue weighted by Gasteiger charge is -2.42. The Morgan fingerprint density at radius 2 is 2.33 bits per heavy atom. The van der Waals surface area contributed by atoms with Crippen LogP contribution in [0.25, 0.3) is 0 Å². The van der Waals surface area contributed by atoms with E-state index in [1.54, 1.807) is 6.20 Å². The first-order chi connectivity index (χ1) is 7.12. The zero-order chi connectivity index (χ0) is 10.9. The number of halogens is 1. The number of nitrogens with one attached hydrogen (secondary N) is 1. The van der Waals surface area contributed by atoms with E-state index >= 15 is 0 Å². The van der Waals surface area contributed by atoms with Crippen LogP contribution < -0.4 is 5.32 Å². The van der Waals surface area contributed by atoms with Crippen molar-refractivity contribution in [3.63, 3.8) is 0 Å². The van der Waals surface area contributed by atoms with Gasteiger partial charge >= 0.3 is 6.09 Å². The fraction of sp³-hybridized carbons (Fsp3) is 0.400. The van der Waals surface area contributed by atoms with Gasteiger partial charge in [0.2, 0.25) is 0 Å². The predicted molar refractivity (Wildman–Crippen MR) is 58.6 cm³/mol. The Labute approximate surface area is 95.8 Å². The zero-order valence-electron chi connectivity index (χ0n) is 8.03. The van der Waals surface area contributed by atoms with E-state index in [0.717, 1.165) is 29.4 Å². The Morgan fingerprint density at radius 1 is 1.60 bits per heavy atom. The van der Waals surface area contributed by atoms with E-state index in [4.69, 9.17) is 5.11 Å². The molecular weight excluding hydrogens is 260 g/mol. The molecule has 1 fully saturated rings. The van der Waals surface area contributed by atoms with Gasteiger partial charge in [-0.15, -0.1) is 0 Å². The van der Waals surface area contributed by atoms with Crippen molar-refractivity contribution in [3.8, 4) is 0 Å². The third-order valence-electron chi connectivity index (χ3n) is 2.83. The molecule has 2 N–H and O–H groups in total. The molecule has 80 valence electrons. The van der Waals surface area contributed by atoms with Gasteiger partial charge in [-0.05, 0) is 52.9 Å². The Morgan fingerprint density at radius 3 is 2.80 bits per heavy atom. The Balaban J connectivity index is 2.29.